The van der Waals surface area contributed by atoms with Gasteiger partial charge in [-0.15, -0.1) is 0 Å². The van der Waals surface area contributed by atoms with Crippen LogP contribution >= 0.6 is 0 Å². The molecule has 0 saturated carbocycles. The molecule has 27 heavy (non-hydrogen) atoms. The van der Waals surface area contributed by atoms with Crippen LogP contribution in [0, 0.1) is 6.92 Å². The number of carbonyl (C=O) groups is 2. The Bertz CT molecular complexity index is 795. The van der Waals surface area contributed by atoms with Gasteiger partial charge < -0.3 is 15.1 Å². The van der Waals surface area contributed by atoms with Crippen molar-refractivity contribution < 1.29 is 9.59 Å². The van der Waals surface area contributed by atoms with Gasteiger partial charge in [-0.1, -0.05) is 18.2 Å². The molecule has 1 N–H and O–H groups in total. The van der Waals surface area contributed by atoms with Crippen LogP contribution in [0.15, 0.2) is 48.5 Å². The van der Waals surface area contributed by atoms with Crippen molar-refractivity contribution >= 4 is 28.9 Å². The normalized spacial score (nSPS) is 13.5. The van der Waals surface area contributed by atoms with Crippen LogP contribution in [0.3, 0.4) is 0 Å². The number of aryl methyl sites for hydroxylation is 1. The number of nitrogens with one attached hydrogen (secondary N) is 1. The molecule has 1 aliphatic heterocycles. The van der Waals surface area contributed by atoms with Crippen LogP contribution in [0.4, 0.5) is 17.1 Å². The third-order valence-electron chi connectivity index (χ3n) is 4.99. The minimum atomic E-state index is -0.0933. The van der Waals surface area contributed by atoms with Gasteiger partial charge in [0.05, 0.1) is 0 Å². The summed E-state index contributed by atoms with van der Waals surface area (Å²) in [4.78, 5) is 28.4. The number of para-hydroxylation sites is 1. The minimum Gasteiger partial charge on any atom is -0.372 e. The molecule has 1 fully saturated rings. The highest BCUT2D eigenvalue weighted by Gasteiger charge is 2.16. The molecule has 5 nitrogen and oxygen atoms in total. The molecule has 0 aromatic heterocycles. The first-order chi connectivity index (χ1) is 13.0. The van der Waals surface area contributed by atoms with Crippen molar-refractivity contribution in [2.75, 3.05) is 34.8 Å². The van der Waals surface area contributed by atoms with Gasteiger partial charge in [-0.3, -0.25) is 9.59 Å². The van der Waals surface area contributed by atoms with E-state index < -0.39 is 0 Å². The molecule has 2 aromatic carbocycles. The number of hydrogen-bond acceptors (Lipinski definition) is 3. The molecule has 142 valence electrons. The Morgan fingerprint density at radius 2 is 1.70 bits per heavy atom. The summed E-state index contributed by atoms with van der Waals surface area (Å²) in [6, 6.07) is 15.7. The highest BCUT2D eigenvalue weighted by atomic mass is 16.2. The van der Waals surface area contributed by atoms with Gasteiger partial charge in [0.25, 0.3) is 0 Å². The average Bonchev–Trinajstić information content (AvgIpc) is 3.19. The van der Waals surface area contributed by atoms with Crippen LogP contribution < -0.4 is 15.1 Å². The Labute approximate surface area is 161 Å². The SMILES string of the molecule is CC(=O)N(CCC(=O)Nc1ccccc1C)c1ccc(N2CCCC2)cc1. The van der Waals surface area contributed by atoms with Crippen molar-refractivity contribution in [3.05, 3.63) is 54.1 Å². The predicted molar refractivity (Wildman–Crippen MR) is 110 cm³/mol. The lowest BCUT2D eigenvalue weighted by Gasteiger charge is -2.23. The summed E-state index contributed by atoms with van der Waals surface area (Å²) < 4.78 is 0. The molecule has 0 atom stereocenters. The third kappa shape index (κ3) is 4.88. The lowest BCUT2D eigenvalue weighted by atomic mass is 10.2. The Balaban J connectivity index is 1.61. The quantitative estimate of drug-likeness (QED) is 0.842. The van der Waals surface area contributed by atoms with E-state index in [-0.39, 0.29) is 18.2 Å². The molecular weight excluding hydrogens is 338 g/mol. The van der Waals surface area contributed by atoms with E-state index in [0.717, 1.165) is 30.0 Å². The topological polar surface area (TPSA) is 52.7 Å². The summed E-state index contributed by atoms with van der Waals surface area (Å²) in [6.07, 6.45) is 2.72. The molecule has 2 aromatic rings. The standard InChI is InChI=1S/C22H27N3O2/c1-17-7-3-4-8-21(17)23-22(27)13-16-25(18(2)26)20-11-9-19(10-12-20)24-14-5-6-15-24/h3-4,7-12H,5-6,13-16H2,1-2H3,(H,23,27). The fraction of sp³-hybridized carbons (Fsp3) is 0.364. The summed E-state index contributed by atoms with van der Waals surface area (Å²) in [5.41, 5.74) is 3.85. The summed E-state index contributed by atoms with van der Waals surface area (Å²) in [5, 5.41) is 2.92. The summed E-state index contributed by atoms with van der Waals surface area (Å²) >= 11 is 0. The van der Waals surface area contributed by atoms with Crippen molar-refractivity contribution in [2.24, 2.45) is 0 Å². The van der Waals surface area contributed by atoms with Crippen LogP contribution in [0.25, 0.3) is 0 Å². The van der Waals surface area contributed by atoms with Crippen molar-refractivity contribution in [2.45, 2.75) is 33.1 Å². The maximum Gasteiger partial charge on any atom is 0.226 e. The number of nitrogens with zero attached hydrogens (tertiary/aromatic N) is 2. The zero-order valence-electron chi connectivity index (χ0n) is 16.1. The van der Waals surface area contributed by atoms with Crippen molar-refractivity contribution in [1.29, 1.82) is 0 Å². The molecule has 5 heteroatoms. The molecule has 0 spiro atoms. The number of benzene rings is 2. The van der Waals surface area contributed by atoms with Gasteiger partial charge in [-0.2, -0.15) is 0 Å². The zero-order chi connectivity index (χ0) is 19.2. The van der Waals surface area contributed by atoms with Crippen LogP contribution in [0.1, 0.15) is 31.7 Å². The van der Waals surface area contributed by atoms with Gasteiger partial charge in [0.1, 0.15) is 0 Å². The molecule has 0 radical (unpaired) electrons. The Kier molecular flexibility index (Phi) is 6.12. The third-order valence-corrected chi connectivity index (χ3v) is 4.99. The monoisotopic (exact) mass is 365 g/mol. The van der Waals surface area contributed by atoms with Gasteiger partial charge in [0, 0.05) is 50.0 Å². The lowest BCUT2D eigenvalue weighted by Crippen LogP contribution is -2.32. The Hall–Kier alpha value is -2.82. The average molecular weight is 365 g/mol. The van der Waals surface area contributed by atoms with E-state index in [1.54, 1.807) is 4.90 Å². The number of rotatable bonds is 6. The number of anilines is 3. The summed E-state index contributed by atoms with van der Waals surface area (Å²) in [5.74, 6) is -0.156. The first-order valence-corrected chi connectivity index (χ1v) is 9.53. The lowest BCUT2D eigenvalue weighted by molar-refractivity contribution is -0.117. The fourth-order valence-electron chi connectivity index (χ4n) is 3.43. The summed E-state index contributed by atoms with van der Waals surface area (Å²) in [7, 11) is 0. The number of carbonyl (C=O) groups excluding carboxylic acids is 2. The van der Waals surface area contributed by atoms with E-state index in [4.69, 9.17) is 0 Å². The predicted octanol–water partition coefficient (Wildman–Crippen LogP) is 3.98. The van der Waals surface area contributed by atoms with E-state index in [0.29, 0.717) is 6.54 Å². The Morgan fingerprint density at radius 3 is 2.33 bits per heavy atom. The largest absolute Gasteiger partial charge is 0.372 e. The van der Waals surface area contributed by atoms with Crippen LogP contribution in [-0.2, 0) is 9.59 Å². The first kappa shape index (κ1) is 19.0. The smallest absolute Gasteiger partial charge is 0.226 e. The van der Waals surface area contributed by atoms with Crippen LogP contribution in [0.2, 0.25) is 0 Å². The fourth-order valence-corrected chi connectivity index (χ4v) is 3.43. The summed E-state index contributed by atoms with van der Waals surface area (Å²) in [6.45, 7) is 6.03. The second kappa shape index (κ2) is 8.71. The maximum absolute atomic E-state index is 12.3. The van der Waals surface area contributed by atoms with Crippen molar-refractivity contribution in [1.82, 2.24) is 0 Å². The maximum atomic E-state index is 12.3. The van der Waals surface area contributed by atoms with Crippen LogP contribution in [0.5, 0.6) is 0 Å². The molecule has 0 unspecified atom stereocenters. The van der Waals surface area contributed by atoms with Gasteiger partial charge >= 0.3 is 0 Å². The molecule has 1 heterocycles. The van der Waals surface area contributed by atoms with E-state index in [9.17, 15) is 9.59 Å². The van der Waals surface area contributed by atoms with E-state index in [1.807, 2.05) is 43.3 Å². The number of amides is 2. The van der Waals surface area contributed by atoms with Crippen LogP contribution in [-0.4, -0.2) is 31.4 Å². The molecule has 0 bridgehead atoms. The molecule has 1 saturated heterocycles. The van der Waals surface area contributed by atoms with Crippen molar-refractivity contribution in [3.63, 3.8) is 0 Å². The van der Waals surface area contributed by atoms with Gasteiger partial charge in [0.15, 0.2) is 0 Å². The van der Waals surface area contributed by atoms with Gasteiger partial charge in [-0.25, -0.2) is 0 Å². The Morgan fingerprint density at radius 1 is 1.04 bits per heavy atom. The second-order valence-electron chi connectivity index (χ2n) is 6.99. The molecular formula is C22H27N3O2. The zero-order valence-corrected chi connectivity index (χ0v) is 16.1. The highest BCUT2D eigenvalue weighted by molar-refractivity contribution is 5.95. The van der Waals surface area contributed by atoms with Gasteiger partial charge in [0.2, 0.25) is 11.8 Å². The van der Waals surface area contributed by atoms with Crippen molar-refractivity contribution in [3.8, 4) is 0 Å². The molecule has 0 aliphatic carbocycles. The molecule has 1 aliphatic rings. The highest BCUT2D eigenvalue weighted by Crippen LogP contribution is 2.24. The second-order valence-corrected chi connectivity index (χ2v) is 6.99. The van der Waals surface area contributed by atoms with Gasteiger partial charge in [-0.05, 0) is 55.7 Å². The number of hydrogen-bond donors (Lipinski definition) is 1. The minimum absolute atomic E-state index is 0.0624. The van der Waals surface area contributed by atoms with E-state index in [2.05, 4.69) is 22.3 Å². The first-order valence-electron chi connectivity index (χ1n) is 9.53. The van der Waals surface area contributed by atoms with E-state index in [1.165, 1.54) is 25.5 Å². The van der Waals surface area contributed by atoms with E-state index >= 15 is 0 Å². The molecule has 3 rings (SSSR count). The molecule has 2 amide bonds.